The molecule has 0 spiro atoms. The zero-order chi connectivity index (χ0) is 10.3. The van der Waals surface area contributed by atoms with Crippen molar-refractivity contribution in [2.45, 2.75) is 27.2 Å². The van der Waals surface area contributed by atoms with Gasteiger partial charge in [-0.1, -0.05) is 20.8 Å². The third-order valence-corrected chi connectivity index (χ3v) is 2.19. The first-order valence-corrected chi connectivity index (χ1v) is 4.85. The summed E-state index contributed by atoms with van der Waals surface area (Å²) in [5, 5.41) is 8.46. The predicted molar refractivity (Wildman–Crippen MR) is 55.2 cm³/mol. The molecule has 0 unspecified atom stereocenters. The zero-order valence-electron chi connectivity index (χ0n) is 9.01. The predicted octanol–water partition coefficient (Wildman–Crippen LogP) is 1.21. The van der Waals surface area contributed by atoms with Crippen molar-refractivity contribution in [3.05, 3.63) is 0 Å². The summed E-state index contributed by atoms with van der Waals surface area (Å²) < 4.78 is 0. The average molecular weight is 183 g/mol. The Morgan fingerprint density at radius 3 is 2.46 bits per heavy atom. The third-order valence-electron chi connectivity index (χ3n) is 2.19. The molecule has 0 atom stereocenters. The Hall–Kier alpha value is -0.590. The molecule has 13 heavy (non-hydrogen) atoms. The van der Waals surface area contributed by atoms with Crippen LogP contribution in [0.3, 0.4) is 0 Å². The second kappa shape index (κ2) is 5.95. The van der Waals surface area contributed by atoms with E-state index >= 15 is 0 Å². The summed E-state index contributed by atoms with van der Waals surface area (Å²) in [5.41, 5.74) is 5.80. The Morgan fingerprint density at radius 2 is 2.08 bits per heavy atom. The van der Waals surface area contributed by atoms with Gasteiger partial charge in [0.25, 0.3) is 0 Å². The topological polar surface area (TPSA) is 53.0 Å². The molecule has 0 saturated carbocycles. The Kier molecular flexibility index (Phi) is 5.68. The SMILES string of the molecule is CCN(CCC#N)CC(C)(C)CN. The summed E-state index contributed by atoms with van der Waals surface area (Å²) in [7, 11) is 0. The van der Waals surface area contributed by atoms with Gasteiger partial charge >= 0.3 is 0 Å². The van der Waals surface area contributed by atoms with Crippen LogP contribution in [-0.4, -0.2) is 31.1 Å². The molecule has 3 heteroatoms. The molecular formula is C10H21N3. The number of nitrogens with two attached hydrogens (primary N) is 1. The van der Waals surface area contributed by atoms with Crippen LogP contribution in [0.4, 0.5) is 0 Å². The average Bonchev–Trinajstić information content (AvgIpc) is 2.12. The van der Waals surface area contributed by atoms with E-state index < -0.39 is 0 Å². The molecule has 0 radical (unpaired) electrons. The molecule has 0 aliphatic heterocycles. The van der Waals surface area contributed by atoms with Gasteiger partial charge in [0.05, 0.1) is 6.07 Å². The molecule has 3 nitrogen and oxygen atoms in total. The van der Waals surface area contributed by atoms with Crippen molar-refractivity contribution in [2.75, 3.05) is 26.2 Å². The number of nitrogens with zero attached hydrogens (tertiary/aromatic N) is 2. The van der Waals surface area contributed by atoms with Crippen molar-refractivity contribution >= 4 is 0 Å². The van der Waals surface area contributed by atoms with Gasteiger partial charge < -0.3 is 10.6 Å². The fourth-order valence-electron chi connectivity index (χ4n) is 1.23. The first kappa shape index (κ1) is 12.4. The highest BCUT2D eigenvalue weighted by molar-refractivity contribution is 4.77. The van der Waals surface area contributed by atoms with Crippen molar-refractivity contribution in [3.63, 3.8) is 0 Å². The highest BCUT2D eigenvalue weighted by Crippen LogP contribution is 2.14. The van der Waals surface area contributed by atoms with Crippen molar-refractivity contribution in [3.8, 4) is 6.07 Å². The second-order valence-corrected chi connectivity index (χ2v) is 4.15. The number of nitriles is 1. The maximum Gasteiger partial charge on any atom is 0.0635 e. The van der Waals surface area contributed by atoms with E-state index in [1.165, 1.54) is 0 Å². The lowest BCUT2D eigenvalue weighted by Crippen LogP contribution is -2.39. The summed E-state index contributed by atoms with van der Waals surface area (Å²) in [5.74, 6) is 0. The zero-order valence-corrected chi connectivity index (χ0v) is 9.01. The quantitative estimate of drug-likeness (QED) is 0.673. The van der Waals surface area contributed by atoms with Gasteiger partial charge in [-0.2, -0.15) is 5.26 Å². The van der Waals surface area contributed by atoms with Gasteiger partial charge in [-0.3, -0.25) is 0 Å². The first-order valence-electron chi connectivity index (χ1n) is 4.85. The molecule has 0 aliphatic rings. The molecule has 0 aliphatic carbocycles. The van der Waals surface area contributed by atoms with Gasteiger partial charge in [-0.25, -0.2) is 0 Å². The van der Waals surface area contributed by atoms with E-state index in [0.29, 0.717) is 13.0 Å². The van der Waals surface area contributed by atoms with Crippen LogP contribution < -0.4 is 5.73 Å². The van der Waals surface area contributed by atoms with E-state index in [1.54, 1.807) is 0 Å². The smallest absolute Gasteiger partial charge is 0.0635 e. The van der Waals surface area contributed by atoms with Crippen LogP contribution in [0.1, 0.15) is 27.2 Å². The highest BCUT2D eigenvalue weighted by Gasteiger charge is 2.18. The van der Waals surface area contributed by atoms with Crippen LogP contribution in [0.5, 0.6) is 0 Å². The van der Waals surface area contributed by atoms with Crippen LogP contribution in [0.25, 0.3) is 0 Å². The number of hydrogen-bond acceptors (Lipinski definition) is 3. The molecule has 0 rings (SSSR count). The molecule has 0 heterocycles. The van der Waals surface area contributed by atoms with Crippen molar-refractivity contribution in [2.24, 2.45) is 11.1 Å². The van der Waals surface area contributed by atoms with Crippen LogP contribution in [0.2, 0.25) is 0 Å². The fraction of sp³-hybridized carbons (Fsp3) is 0.900. The summed E-state index contributed by atoms with van der Waals surface area (Å²) in [6, 6.07) is 2.16. The van der Waals surface area contributed by atoms with E-state index in [-0.39, 0.29) is 5.41 Å². The minimum atomic E-state index is 0.158. The monoisotopic (exact) mass is 183 g/mol. The van der Waals surface area contributed by atoms with E-state index in [2.05, 4.69) is 31.7 Å². The Labute approximate surface area is 81.5 Å². The number of hydrogen-bond donors (Lipinski definition) is 1. The minimum absolute atomic E-state index is 0.158. The van der Waals surface area contributed by atoms with Gasteiger partial charge in [-0.15, -0.1) is 0 Å². The molecular weight excluding hydrogens is 162 g/mol. The lowest BCUT2D eigenvalue weighted by molar-refractivity contribution is 0.193. The molecule has 0 amide bonds. The summed E-state index contributed by atoms with van der Waals surface area (Å²) in [4.78, 5) is 2.27. The Bertz CT molecular complexity index is 169. The summed E-state index contributed by atoms with van der Waals surface area (Å²) in [6.07, 6.45) is 0.606. The van der Waals surface area contributed by atoms with Crippen molar-refractivity contribution < 1.29 is 0 Å². The van der Waals surface area contributed by atoms with E-state index in [0.717, 1.165) is 19.6 Å². The van der Waals surface area contributed by atoms with Crippen molar-refractivity contribution in [1.29, 1.82) is 5.26 Å². The Morgan fingerprint density at radius 1 is 1.46 bits per heavy atom. The molecule has 0 fully saturated rings. The molecule has 0 aromatic heterocycles. The second-order valence-electron chi connectivity index (χ2n) is 4.15. The Balaban J connectivity index is 3.91. The van der Waals surface area contributed by atoms with Gasteiger partial charge in [0.1, 0.15) is 0 Å². The minimum Gasteiger partial charge on any atom is -0.330 e. The van der Waals surface area contributed by atoms with Crippen molar-refractivity contribution in [1.82, 2.24) is 4.90 Å². The van der Waals surface area contributed by atoms with E-state index in [4.69, 9.17) is 11.0 Å². The van der Waals surface area contributed by atoms with Crippen LogP contribution >= 0.6 is 0 Å². The standard InChI is InChI=1S/C10H21N3/c1-4-13(7-5-6-11)9-10(2,3)8-12/h4-5,7-9,12H2,1-3H3. The molecule has 0 saturated heterocycles. The van der Waals surface area contributed by atoms with E-state index in [9.17, 15) is 0 Å². The van der Waals surface area contributed by atoms with Gasteiger partial charge in [0.2, 0.25) is 0 Å². The molecule has 0 aromatic rings. The lowest BCUT2D eigenvalue weighted by atomic mass is 9.93. The fourth-order valence-corrected chi connectivity index (χ4v) is 1.23. The molecule has 2 N–H and O–H groups in total. The van der Waals surface area contributed by atoms with Crippen LogP contribution in [-0.2, 0) is 0 Å². The third kappa shape index (κ3) is 5.62. The van der Waals surface area contributed by atoms with E-state index in [1.807, 2.05) is 0 Å². The molecule has 76 valence electrons. The highest BCUT2D eigenvalue weighted by atomic mass is 15.1. The maximum atomic E-state index is 8.46. The largest absolute Gasteiger partial charge is 0.330 e. The van der Waals surface area contributed by atoms with Crippen LogP contribution in [0, 0.1) is 16.7 Å². The van der Waals surface area contributed by atoms with Crippen LogP contribution in [0.15, 0.2) is 0 Å². The molecule has 0 aromatic carbocycles. The lowest BCUT2D eigenvalue weighted by Gasteiger charge is -2.30. The normalized spacial score (nSPS) is 11.7. The summed E-state index contributed by atoms with van der Waals surface area (Å²) >= 11 is 0. The van der Waals surface area contributed by atoms with Gasteiger partial charge in [0.15, 0.2) is 0 Å². The maximum absolute atomic E-state index is 8.46. The van der Waals surface area contributed by atoms with Gasteiger partial charge in [-0.05, 0) is 18.5 Å². The molecule has 0 bridgehead atoms. The first-order chi connectivity index (χ1) is 6.05. The number of rotatable bonds is 6. The van der Waals surface area contributed by atoms with Gasteiger partial charge in [0, 0.05) is 19.5 Å². The summed E-state index contributed by atoms with van der Waals surface area (Å²) in [6.45, 7) is 9.94.